The molecular formula is C30H26ClF3N4O6. The number of aromatic nitrogens is 1. The van der Waals surface area contributed by atoms with Crippen LogP contribution in [0.3, 0.4) is 0 Å². The maximum absolute atomic E-state index is 14.1. The summed E-state index contributed by atoms with van der Waals surface area (Å²) in [5.74, 6) is -6.64. The Morgan fingerprint density at radius 1 is 1.14 bits per heavy atom. The van der Waals surface area contributed by atoms with Gasteiger partial charge in [0.25, 0.3) is 11.8 Å². The Labute approximate surface area is 253 Å². The fourth-order valence-corrected chi connectivity index (χ4v) is 6.27. The number of hydrogen-bond acceptors (Lipinski definition) is 6. The summed E-state index contributed by atoms with van der Waals surface area (Å²) in [5, 5.41) is 15.0. The molecule has 10 nitrogen and oxygen atoms in total. The molecule has 2 aromatic carbocycles. The molecule has 0 aliphatic carbocycles. The lowest BCUT2D eigenvalue weighted by Gasteiger charge is -2.42. The minimum Gasteiger partial charge on any atom is -0.503 e. The number of rotatable bonds is 5. The summed E-state index contributed by atoms with van der Waals surface area (Å²) >= 11 is 5.99. The zero-order valence-electron chi connectivity index (χ0n) is 23.3. The van der Waals surface area contributed by atoms with Gasteiger partial charge in [-0.1, -0.05) is 23.7 Å². The summed E-state index contributed by atoms with van der Waals surface area (Å²) < 4.78 is 42.9. The molecule has 2 saturated heterocycles. The first kappa shape index (κ1) is 29.7. The van der Waals surface area contributed by atoms with E-state index in [-0.39, 0.29) is 37.2 Å². The molecule has 0 unspecified atom stereocenters. The van der Waals surface area contributed by atoms with Crippen LogP contribution >= 0.6 is 11.6 Å². The smallest absolute Gasteiger partial charge is 0.274 e. The van der Waals surface area contributed by atoms with E-state index in [1.54, 1.807) is 24.3 Å². The van der Waals surface area contributed by atoms with Crippen LogP contribution in [0.1, 0.15) is 64.2 Å². The number of hydroxylamine groups is 2. The van der Waals surface area contributed by atoms with Crippen molar-refractivity contribution in [1.29, 1.82) is 0 Å². The van der Waals surface area contributed by atoms with Crippen molar-refractivity contribution in [3.05, 3.63) is 97.7 Å². The Morgan fingerprint density at radius 3 is 2.50 bits per heavy atom. The summed E-state index contributed by atoms with van der Waals surface area (Å²) in [4.78, 5) is 61.0. The second-order valence-electron chi connectivity index (χ2n) is 11.3. The van der Waals surface area contributed by atoms with E-state index < -0.39 is 69.8 Å². The number of carbonyl (C=O) groups is 3. The molecule has 3 amide bonds. The normalized spacial score (nSPS) is 22.8. The molecule has 1 spiro atoms. The van der Waals surface area contributed by atoms with Crippen molar-refractivity contribution in [2.75, 3.05) is 6.54 Å². The number of hydrogen-bond donors (Lipinski definition) is 2. The van der Waals surface area contributed by atoms with E-state index in [0.717, 1.165) is 11.8 Å². The Morgan fingerprint density at radius 2 is 1.82 bits per heavy atom. The minimum absolute atomic E-state index is 0.0600. The Balaban J connectivity index is 1.36. The first-order valence-electron chi connectivity index (χ1n) is 13.8. The molecule has 0 saturated carbocycles. The number of nitrogens with zero attached hydrogens (tertiary/aromatic N) is 3. The Bertz CT molecular complexity index is 1740. The lowest BCUT2D eigenvalue weighted by molar-refractivity contribution is -0.218. The highest BCUT2D eigenvalue weighted by atomic mass is 35.5. The maximum atomic E-state index is 14.1. The highest BCUT2D eigenvalue weighted by Gasteiger charge is 2.56. The third-order valence-corrected chi connectivity index (χ3v) is 8.79. The van der Waals surface area contributed by atoms with Gasteiger partial charge in [0, 0.05) is 48.0 Å². The van der Waals surface area contributed by atoms with Crippen molar-refractivity contribution in [3.63, 3.8) is 0 Å². The molecule has 3 aliphatic heterocycles. The van der Waals surface area contributed by atoms with Gasteiger partial charge in [0.15, 0.2) is 11.4 Å². The molecule has 1 aromatic heterocycles. The van der Waals surface area contributed by atoms with Crippen LogP contribution in [-0.2, 0) is 22.7 Å². The van der Waals surface area contributed by atoms with E-state index in [2.05, 4.69) is 5.32 Å². The zero-order valence-corrected chi connectivity index (χ0v) is 24.0. The van der Waals surface area contributed by atoms with Crippen molar-refractivity contribution in [1.82, 2.24) is 19.8 Å². The van der Waals surface area contributed by atoms with E-state index in [1.807, 2.05) is 6.92 Å². The molecule has 4 heterocycles. The monoisotopic (exact) mass is 630 g/mol. The van der Waals surface area contributed by atoms with Gasteiger partial charge in [0.1, 0.15) is 28.6 Å². The van der Waals surface area contributed by atoms with Gasteiger partial charge >= 0.3 is 0 Å². The van der Waals surface area contributed by atoms with E-state index >= 15 is 0 Å². The van der Waals surface area contributed by atoms with Crippen LogP contribution in [0, 0.1) is 17.5 Å². The van der Waals surface area contributed by atoms with Gasteiger partial charge in [0.2, 0.25) is 11.3 Å². The predicted octanol–water partition coefficient (Wildman–Crippen LogP) is 3.84. The number of nitrogens with one attached hydrogen (secondary N) is 1. The average Bonchev–Trinajstić information content (AvgIpc) is 3.22. The van der Waals surface area contributed by atoms with Gasteiger partial charge in [-0.05, 0) is 37.5 Å². The molecule has 6 rings (SSSR count). The lowest BCUT2D eigenvalue weighted by atomic mass is 9.85. The SMILES string of the molecule is C[C@H]1CC[C@]2(CC(=O)N(Cc3ccc(Cl)cc3)O2)[C@H]2CN1C(=O)c1c(O)c(=O)c(C(=O)NCc3c(F)cc(F)cc3F)cn12. The average molecular weight is 631 g/mol. The second-order valence-corrected chi connectivity index (χ2v) is 11.7. The molecule has 2 N–H and O–H groups in total. The zero-order chi connectivity index (χ0) is 31.5. The molecule has 230 valence electrons. The number of carbonyl (C=O) groups excluding carboxylic acids is 3. The molecule has 0 radical (unpaired) electrons. The van der Waals surface area contributed by atoms with Crippen LogP contribution in [0.25, 0.3) is 0 Å². The molecular weight excluding hydrogens is 605 g/mol. The lowest BCUT2D eigenvalue weighted by Crippen LogP contribution is -2.52. The van der Waals surface area contributed by atoms with Crippen molar-refractivity contribution in [2.45, 2.75) is 57.0 Å². The van der Waals surface area contributed by atoms with Gasteiger partial charge in [-0.3, -0.25) is 24.0 Å². The van der Waals surface area contributed by atoms with Crippen LogP contribution < -0.4 is 10.7 Å². The summed E-state index contributed by atoms with van der Waals surface area (Å²) in [5.41, 5.74) is -3.21. The maximum Gasteiger partial charge on any atom is 0.274 e. The van der Waals surface area contributed by atoms with E-state index in [0.29, 0.717) is 30.0 Å². The van der Waals surface area contributed by atoms with Crippen molar-refractivity contribution >= 4 is 29.3 Å². The second kappa shape index (κ2) is 11.0. The molecule has 3 atom stereocenters. The fourth-order valence-electron chi connectivity index (χ4n) is 6.15. The highest BCUT2D eigenvalue weighted by Crippen LogP contribution is 2.47. The van der Waals surface area contributed by atoms with Gasteiger partial charge in [-0.2, -0.15) is 0 Å². The van der Waals surface area contributed by atoms with Crippen molar-refractivity contribution in [3.8, 4) is 5.75 Å². The summed E-state index contributed by atoms with van der Waals surface area (Å²) in [6.45, 7) is 1.27. The molecule has 2 fully saturated rings. The van der Waals surface area contributed by atoms with Crippen molar-refractivity contribution in [2.24, 2.45) is 0 Å². The fraction of sp³-hybridized carbons (Fsp3) is 0.333. The van der Waals surface area contributed by atoms with Gasteiger partial charge in [-0.15, -0.1) is 0 Å². The number of pyridine rings is 1. The number of amides is 3. The largest absolute Gasteiger partial charge is 0.503 e. The van der Waals surface area contributed by atoms with Gasteiger partial charge < -0.3 is 19.9 Å². The first-order chi connectivity index (χ1) is 20.9. The van der Waals surface area contributed by atoms with E-state index in [9.17, 15) is 37.5 Å². The molecule has 3 aromatic rings. The van der Waals surface area contributed by atoms with Crippen molar-refractivity contribution < 1.29 is 37.5 Å². The Hall–Kier alpha value is -4.36. The van der Waals surface area contributed by atoms with Crippen LogP contribution in [0.4, 0.5) is 13.2 Å². The predicted molar refractivity (Wildman–Crippen MR) is 149 cm³/mol. The topological polar surface area (TPSA) is 121 Å². The summed E-state index contributed by atoms with van der Waals surface area (Å²) in [7, 11) is 0. The summed E-state index contributed by atoms with van der Waals surface area (Å²) in [6, 6.07) is 6.67. The number of halogens is 4. The molecule has 14 heteroatoms. The number of benzene rings is 2. The highest BCUT2D eigenvalue weighted by molar-refractivity contribution is 6.30. The third-order valence-electron chi connectivity index (χ3n) is 8.54. The molecule has 2 bridgehead atoms. The number of fused-ring (bicyclic) bond motifs is 5. The van der Waals surface area contributed by atoms with Crippen LogP contribution in [0.5, 0.6) is 5.75 Å². The van der Waals surface area contributed by atoms with Crippen LogP contribution in [0.15, 0.2) is 47.4 Å². The number of aromatic hydroxyl groups is 1. The van der Waals surface area contributed by atoms with Crippen LogP contribution in [0.2, 0.25) is 5.02 Å². The summed E-state index contributed by atoms with van der Waals surface area (Å²) in [6.07, 6.45) is 1.81. The third kappa shape index (κ3) is 4.99. The standard InChI is InChI=1S/C30H26ClF3N4O6/c1-15-6-7-30(10-24(39)38(44-30)12-16-2-4-17(31)5-3-16)23-14-36(15)29(43)25-27(41)26(40)20(13-37(23)25)28(42)35-11-19-21(33)8-18(32)9-22(19)34/h2-5,8-9,13,15,23,41H,6-7,10-12,14H2,1H3,(H,35,42)/t15-,23+,30-/m0/s1. The molecule has 3 aliphatic rings. The van der Waals surface area contributed by atoms with Crippen LogP contribution in [-0.4, -0.2) is 55.5 Å². The Kier molecular flexibility index (Phi) is 7.41. The molecule has 44 heavy (non-hydrogen) atoms. The quantitative estimate of drug-likeness (QED) is 0.442. The first-order valence-corrected chi connectivity index (χ1v) is 14.2. The van der Waals surface area contributed by atoms with E-state index in [1.165, 1.54) is 14.5 Å². The van der Waals surface area contributed by atoms with Gasteiger partial charge in [0.05, 0.1) is 19.0 Å². The minimum atomic E-state index is -1.24. The van der Waals surface area contributed by atoms with E-state index in [4.69, 9.17) is 16.4 Å². The van der Waals surface area contributed by atoms with Gasteiger partial charge in [-0.25, -0.2) is 18.2 Å².